The number of rotatable bonds is 6. The topological polar surface area (TPSA) is 68.6 Å². The highest BCUT2D eigenvalue weighted by Gasteiger charge is 2.28. The minimum absolute atomic E-state index is 0.204. The summed E-state index contributed by atoms with van der Waals surface area (Å²) in [4.78, 5) is 14.1. The molecule has 7 heteroatoms. The number of hydrogen-bond donors (Lipinski definition) is 1. The molecule has 1 aliphatic heterocycles. The molecule has 2 atom stereocenters. The molecule has 0 radical (unpaired) electrons. The monoisotopic (exact) mass is 366 g/mol. The van der Waals surface area contributed by atoms with Gasteiger partial charge in [-0.05, 0) is 39.5 Å². The molecule has 0 bridgehead atoms. The Hall–Kier alpha value is -1.60. The molecule has 1 aromatic heterocycles. The first-order valence-corrected chi connectivity index (χ1v) is 9.50. The van der Waals surface area contributed by atoms with Gasteiger partial charge in [0, 0.05) is 44.5 Å². The average molecular weight is 367 g/mol. The largest absolute Gasteiger partial charge is 0.444 e. The van der Waals surface area contributed by atoms with Gasteiger partial charge in [0.05, 0.1) is 19.3 Å². The molecule has 1 aliphatic rings. The molecule has 1 saturated heterocycles. The van der Waals surface area contributed by atoms with E-state index in [4.69, 9.17) is 9.47 Å². The summed E-state index contributed by atoms with van der Waals surface area (Å²) in [5.74, 6) is 0.506. The Morgan fingerprint density at radius 2 is 2.08 bits per heavy atom. The van der Waals surface area contributed by atoms with Crippen molar-refractivity contribution < 1.29 is 14.3 Å². The van der Waals surface area contributed by atoms with Crippen LogP contribution in [0, 0.1) is 5.92 Å². The van der Waals surface area contributed by atoms with Crippen molar-refractivity contribution in [3.63, 3.8) is 0 Å². The number of ether oxygens (including phenoxy) is 2. The number of amides is 1. The summed E-state index contributed by atoms with van der Waals surface area (Å²) in [6.45, 7) is 11.7. The third-order valence-corrected chi connectivity index (χ3v) is 4.68. The molecule has 0 spiro atoms. The van der Waals surface area contributed by atoms with Gasteiger partial charge in [-0.1, -0.05) is 6.92 Å². The summed E-state index contributed by atoms with van der Waals surface area (Å²) in [6, 6.07) is 0.379. The molecule has 1 aromatic rings. The molecule has 2 rings (SSSR count). The van der Waals surface area contributed by atoms with Crippen LogP contribution in [-0.2, 0) is 22.6 Å². The van der Waals surface area contributed by atoms with E-state index in [-0.39, 0.29) is 6.09 Å². The van der Waals surface area contributed by atoms with E-state index in [9.17, 15) is 4.79 Å². The van der Waals surface area contributed by atoms with Crippen molar-refractivity contribution in [2.45, 2.75) is 65.3 Å². The van der Waals surface area contributed by atoms with Gasteiger partial charge in [0.1, 0.15) is 5.60 Å². The molecule has 148 valence electrons. The molecule has 26 heavy (non-hydrogen) atoms. The second-order valence-electron chi connectivity index (χ2n) is 8.11. The molecule has 0 aromatic carbocycles. The first-order valence-electron chi connectivity index (χ1n) is 9.50. The SMILES string of the molecule is COCCn1cc(CN[C@H]2CCN(C(=O)OC(C)(C)C)CC[C@@H]2C)cn1. The van der Waals surface area contributed by atoms with E-state index in [1.807, 2.05) is 36.5 Å². The first-order chi connectivity index (χ1) is 12.3. The molecule has 1 amide bonds. The van der Waals surface area contributed by atoms with Crippen LogP contribution in [0.4, 0.5) is 4.79 Å². The van der Waals surface area contributed by atoms with Crippen molar-refractivity contribution in [3.8, 4) is 0 Å². The number of nitrogens with one attached hydrogen (secondary N) is 1. The molecular formula is C19H34N4O3. The van der Waals surface area contributed by atoms with Crippen LogP contribution in [0.2, 0.25) is 0 Å². The van der Waals surface area contributed by atoms with Crippen molar-refractivity contribution in [2.24, 2.45) is 5.92 Å². The van der Waals surface area contributed by atoms with Gasteiger partial charge >= 0.3 is 6.09 Å². The smallest absolute Gasteiger partial charge is 0.410 e. The van der Waals surface area contributed by atoms with Gasteiger partial charge < -0.3 is 19.7 Å². The quantitative estimate of drug-likeness (QED) is 0.838. The highest BCUT2D eigenvalue weighted by Crippen LogP contribution is 2.20. The van der Waals surface area contributed by atoms with Crippen LogP contribution in [0.3, 0.4) is 0 Å². The third-order valence-electron chi connectivity index (χ3n) is 4.68. The van der Waals surface area contributed by atoms with Gasteiger partial charge in [0.15, 0.2) is 0 Å². The van der Waals surface area contributed by atoms with Crippen molar-refractivity contribution >= 4 is 6.09 Å². The second-order valence-corrected chi connectivity index (χ2v) is 8.11. The standard InChI is InChI=1S/C19H34N4O3/c1-15-6-8-22(18(24)26-19(2,3)4)9-7-17(15)20-12-16-13-21-23(14-16)10-11-25-5/h13-15,17,20H,6-12H2,1-5H3/t15-,17-/m0/s1. The Morgan fingerprint density at radius 1 is 1.35 bits per heavy atom. The predicted molar refractivity (Wildman–Crippen MR) is 101 cm³/mol. The molecule has 1 N–H and O–H groups in total. The second kappa shape index (κ2) is 9.37. The van der Waals surface area contributed by atoms with Crippen LogP contribution in [-0.4, -0.2) is 59.2 Å². The van der Waals surface area contributed by atoms with Crippen LogP contribution in [0.1, 0.15) is 46.1 Å². The van der Waals surface area contributed by atoms with Gasteiger partial charge in [-0.25, -0.2) is 4.79 Å². The Labute approximate surface area is 157 Å². The molecule has 0 aliphatic carbocycles. The summed E-state index contributed by atoms with van der Waals surface area (Å²) < 4.78 is 12.5. The maximum absolute atomic E-state index is 12.3. The number of aromatic nitrogens is 2. The fraction of sp³-hybridized carbons (Fsp3) is 0.789. The van der Waals surface area contributed by atoms with E-state index in [1.54, 1.807) is 7.11 Å². The summed E-state index contributed by atoms with van der Waals surface area (Å²) in [5.41, 5.74) is 0.719. The van der Waals surface area contributed by atoms with Gasteiger partial charge in [0.25, 0.3) is 0 Å². The Balaban J connectivity index is 1.83. The highest BCUT2D eigenvalue weighted by molar-refractivity contribution is 5.68. The molecule has 7 nitrogen and oxygen atoms in total. The Bertz CT molecular complexity index is 567. The zero-order valence-corrected chi connectivity index (χ0v) is 16.8. The van der Waals surface area contributed by atoms with Crippen LogP contribution < -0.4 is 5.32 Å². The average Bonchev–Trinajstić information content (AvgIpc) is 2.92. The third kappa shape index (κ3) is 6.61. The maximum Gasteiger partial charge on any atom is 0.410 e. The summed E-state index contributed by atoms with van der Waals surface area (Å²) in [7, 11) is 1.69. The minimum Gasteiger partial charge on any atom is -0.444 e. The summed E-state index contributed by atoms with van der Waals surface area (Å²) in [5, 5.41) is 7.99. The van der Waals surface area contributed by atoms with Crippen LogP contribution >= 0.6 is 0 Å². The number of carbonyl (C=O) groups is 1. The van der Waals surface area contributed by atoms with Crippen molar-refractivity contribution in [3.05, 3.63) is 18.0 Å². The van der Waals surface area contributed by atoms with Crippen LogP contribution in [0.25, 0.3) is 0 Å². The highest BCUT2D eigenvalue weighted by atomic mass is 16.6. The zero-order chi connectivity index (χ0) is 19.2. The van der Waals surface area contributed by atoms with Crippen LogP contribution in [0.15, 0.2) is 12.4 Å². The van der Waals surface area contributed by atoms with E-state index in [0.717, 1.165) is 39.0 Å². The van der Waals surface area contributed by atoms with E-state index in [2.05, 4.69) is 23.5 Å². The number of methoxy groups -OCH3 is 1. The van der Waals surface area contributed by atoms with Gasteiger partial charge in [-0.3, -0.25) is 4.68 Å². The molecule has 0 saturated carbocycles. The normalized spacial score (nSPS) is 21.5. The van der Waals surface area contributed by atoms with Gasteiger partial charge in [0.2, 0.25) is 0 Å². The predicted octanol–water partition coefficient (Wildman–Crippen LogP) is 2.65. The first kappa shape index (κ1) is 20.7. The lowest BCUT2D eigenvalue weighted by atomic mass is 9.97. The Kier molecular flexibility index (Phi) is 7.46. The van der Waals surface area contributed by atoms with E-state index in [1.165, 1.54) is 5.56 Å². The van der Waals surface area contributed by atoms with Gasteiger partial charge in [-0.2, -0.15) is 5.10 Å². The minimum atomic E-state index is -0.449. The van der Waals surface area contributed by atoms with E-state index < -0.39 is 5.60 Å². The fourth-order valence-corrected chi connectivity index (χ4v) is 3.12. The molecular weight excluding hydrogens is 332 g/mol. The van der Waals surface area contributed by atoms with E-state index >= 15 is 0 Å². The number of nitrogens with zero attached hydrogens (tertiary/aromatic N) is 3. The van der Waals surface area contributed by atoms with E-state index in [0.29, 0.717) is 18.6 Å². The maximum atomic E-state index is 12.3. The molecule has 0 unspecified atom stereocenters. The fourth-order valence-electron chi connectivity index (χ4n) is 3.12. The number of likely N-dealkylation sites (tertiary alicyclic amines) is 1. The lowest BCUT2D eigenvalue weighted by molar-refractivity contribution is 0.0255. The summed E-state index contributed by atoms with van der Waals surface area (Å²) in [6.07, 6.45) is 5.66. The van der Waals surface area contributed by atoms with Crippen molar-refractivity contribution in [1.82, 2.24) is 20.0 Å². The molecule has 1 fully saturated rings. The summed E-state index contributed by atoms with van der Waals surface area (Å²) >= 11 is 0. The number of carbonyl (C=O) groups excluding carboxylic acids is 1. The Morgan fingerprint density at radius 3 is 2.77 bits per heavy atom. The van der Waals surface area contributed by atoms with Crippen molar-refractivity contribution in [2.75, 3.05) is 26.8 Å². The number of hydrogen-bond acceptors (Lipinski definition) is 5. The van der Waals surface area contributed by atoms with Crippen LogP contribution in [0.5, 0.6) is 0 Å². The lowest BCUT2D eigenvalue weighted by Crippen LogP contribution is -2.38. The van der Waals surface area contributed by atoms with Gasteiger partial charge in [-0.15, -0.1) is 0 Å². The lowest BCUT2D eigenvalue weighted by Gasteiger charge is -2.26. The molecule has 2 heterocycles. The zero-order valence-electron chi connectivity index (χ0n) is 16.8. The van der Waals surface area contributed by atoms with Crippen molar-refractivity contribution in [1.29, 1.82) is 0 Å².